The molecule has 1 aromatic heterocycles. The number of nitrogens with zero attached hydrogens (tertiary/aromatic N) is 1. The maximum Gasteiger partial charge on any atom is 0.319 e. The number of fused-ring (bicyclic) bond motifs is 1. The molecule has 4 heteroatoms. The van der Waals surface area contributed by atoms with Gasteiger partial charge >= 0.3 is 6.03 Å². The van der Waals surface area contributed by atoms with E-state index in [9.17, 15) is 4.79 Å². The third-order valence-electron chi connectivity index (χ3n) is 2.23. The van der Waals surface area contributed by atoms with Crippen LogP contribution in [0.1, 0.15) is 6.92 Å². The maximum atomic E-state index is 11.4. The fourth-order valence-electron chi connectivity index (χ4n) is 1.54. The smallest absolute Gasteiger partial charge is 0.319 e. The first kappa shape index (κ1) is 10.4. The molecule has 4 nitrogen and oxygen atoms in total. The molecule has 0 saturated heterocycles. The van der Waals surface area contributed by atoms with Crippen molar-refractivity contribution in [2.45, 2.75) is 6.92 Å². The number of carbonyl (C=O) groups excluding carboxylic acids is 1. The first-order chi connectivity index (χ1) is 7.81. The molecule has 82 valence electrons. The predicted molar refractivity (Wildman–Crippen MR) is 64.4 cm³/mol. The first-order valence-electron chi connectivity index (χ1n) is 5.20. The van der Waals surface area contributed by atoms with Gasteiger partial charge in [-0.1, -0.05) is 6.07 Å². The Bertz CT molecular complexity index is 505. The van der Waals surface area contributed by atoms with E-state index in [1.807, 2.05) is 37.3 Å². The molecule has 0 saturated carbocycles. The third kappa shape index (κ3) is 2.11. The second-order valence-electron chi connectivity index (χ2n) is 3.36. The van der Waals surface area contributed by atoms with E-state index in [4.69, 9.17) is 0 Å². The van der Waals surface area contributed by atoms with Crippen molar-refractivity contribution in [2.75, 3.05) is 11.9 Å². The number of aromatic nitrogens is 1. The number of anilines is 1. The molecule has 2 aromatic rings. The first-order valence-corrected chi connectivity index (χ1v) is 5.20. The minimum absolute atomic E-state index is 0.196. The van der Waals surface area contributed by atoms with Gasteiger partial charge in [-0.25, -0.2) is 4.79 Å². The van der Waals surface area contributed by atoms with Crippen molar-refractivity contribution in [1.29, 1.82) is 0 Å². The summed E-state index contributed by atoms with van der Waals surface area (Å²) in [5, 5.41) is 6.43. The summed E-state index contributed by atoms with van der Waals surface area (Å²) in [6, 6.07) is 9.24. The predicted octanol–water partition coefficient (Wildman–Crippen LogP) is 2.38. The second-order valence-corrected chi connectivity index (χ2v) is 3.36. The van der Waals surface area contributed by atoms with Crippen molar-refractivity contribution < 1.29 is 4.79 Å². The van der Waals surface area contributed by atoms with Crippen molar-refractivity contribution in [3.63, 3.8) is 0 Å². The van der Waals surface area contributed by atoms with Gasteiger partial charge in [0.05, 0.1) is 11.2 Å². The Kier molecular flexibility index (Phi) is 3.00. The van der Waals surface area contributed by atoms with Crippen molar-refractivity contribution in [1.82, 2.24) is 10.3 Å². The molecule has 0 aliphatic carbocycles. The van der Waals surface area contributed by atoms with Gasteiger partial charge in [0.15, 0.2) is 0 Å². The largest absolute Gasteiger partial charge is 0.338 e. The summed E-state index contributed by atoms with van der Waals surface area (Å²) >= 11 is 0. The van der Waals surface area contributed by atoms with Crippen LogP contribution in [0, 0.1) is 0 Å². The minimum Gasteiger partial charge on any atom is -0.338 e. The molecular weight excluding hydrogens is 202 g/mol. The minimum atomic E-state index is -0.196. The molecule has 16 heavy (non-hydrogen) atoms. The van der Waals surface area contributed by atoms with Crippen molar-refractivity contribution in [3.8, 4) is 0 Å². The highest BCUT2D eigenvalue weighted by Crippen LogP contribution is 2.20. The zero-order chi connectivity index (χ0) is 11.4. The lowest BCUT2D eigenvalue weighted by atomic mass is 10.2. The van der Waals surface area contributed by atoms with Gasteiger partial charge in [-0.2, -0.15) is 0 Å². The molecule has 2 N–H and O–H groups in total. The molecule has 0 spiro atoms. The summed E-state index contributed by atoms with van der Waals surface area (Å²) in [6.45, 7) is 2.49. The lowest BCUT2D eigenvalue weighted by Crippen LogP contribution is -2.28. The van der Waals surface area contributed by atoms with E-state index in [0.29, 0.717) is 6.54 Å². The van der Waals surface area contributed by atoms with Crippen molar-refractivity contribution in [2.24, 2.45) is 0 Å². The number of hydrogen-bond acceptors (Lipinski definition) is 2. The Labute approximate surface area is 93.7 Å². The molecule has 0 radical (unpaired) electrons. The number of carbonyl (C=O) groups is 1. The summed E-state index contributed by atoms with van der Waals surface area (Å²) in [5.41, 5.74) is 1.65. The molecule has 0 fully saturated rings. The van der Waals surface area contributed by atoms with Crippen LogP contribution in [0.3, 0.4) is 0 Å². The number of amides is 2. The monoisotopic (exact) mass is 215 g/mol. The molecule has 0 bridgehead atoms. The summed E-state index contributed by atoms with van der Waals surface area (Å²) in [7, 11) is 0. The van der Waals surface area contributed by atoms with Gasteiger partial charge in [-0.05, 0) is 31.2 Å². The van der Waals surface area contributed by atoms with Gasteiger partial charge in [0.1, 0.15) is 0 Å². The van der Waals surface area contributed by atoms with Crippen LogP contribution in [0.15, 0.2) is 36.5 Å². The van der Waals surface area contributed by atoms with Crippen LogP contribution in [0.2, 0.25) is 0 Å². The normalized spacial score (nSPS) is 10.1. The van der Waals surface area contributed by atoms with Crippen LogP contribution < -0.4 is 10.6 Å². The highest BCUT2D eigenvalue weighted by atomic mass is 16.2. The Morgan fingerprint density at radius 1 is 1.31 bits per heavy atom. The Balaban J connectivity index is 2.33. The van der Waals surface area contributed by atoms with Crippen LogP contribution >= 0.6 is 0 Å². The molecule has 2 rings (SSSR count). The van der Waals surface area contributed by atoms with Crippen LogP contribution in [0.25, 0.3) is 10.9 Å². The number of urea groups is 1. The molecule has 2 amide bonds. The molecule has 1 aromatic carbocycles. The van der Waals surface area contributed by atoms with Crippen LogP contribution in [-0.2, 0) is 0 Å². The average Bonchev–Trinajstić information content (AvgIpc) is 2.30. The number of nitrogens with one attached hydrogen (secondary N) is 2. The molecule has 0 aliphatic heterocycles. The summed E-state index contributed by atoms with van der Waals surface area (Å²) in [5.74, 6) is 0. The van der Waals surface area contributed by atoms with E-state index in [1.165, 1.54) is 0 Å². The molecule has 1 heterocycles. The highest BCUT2D eigenvalue weighted by molar-refractivity contribution is 6.00. The summed E-state index contributed by atoms with van der Waals surface area (Å²) < 4.78 is 0. The summed E-state index contributed by atoms with van der Waals surface area (Å²) in [4.78, 5) is 15.6. The molecule has 0 atom stereocenters. The van der Waals surface area contributed by atoms with Gasteiger partial charge in [-0.15, -0.1) is 0 Å². The topological polar surface area (TPSA) is 54.0 Å². The zero-order valence-corrected chi connectivity index (χ0v) is 9.03. The van der Waals surface area contributed by atoms with E-state index < -0.39 is 0 Å². The van der Waals surface area contributed by atoms with E-state index in [1.54, 1.807) is 6.20 Å². The number of rotatable bonds is 2. The second kappa shape index (κ2) is 4.61. The lowest BCUT2D eigenvalue weighted by molar-refractivity contribution is 0.252. The quantitative estimate of drug-likeness (QED) is 0.808. The Hall–Kier alpha value is -2.10. The van der Waals surface area contributed by atoms with E-state index in [2.05, 4.69) is 15.6 Å². The lowest BCUT2D eigenvalue weighted by Gasteiger charge is -2.08. The summed E-state index contributed by atoms with van der Waals surface area (Å²) in [6.07, 6.45) is 1.73. The highest BCUT2D eigenvalue weighted by Gasteiger charge is 2.03. The van der Waals surface area contributed by atoms with E-state index in [-0.39, 0.29) is 6.03 Å². The van der Waals surface area contributed by atoms with Gasteiger partial charge in [0.25, 0.3) is 0 Å². The van der Waals surface area contributed by atoms with Crippen molar-refractivity contribution in [3.05, 3.63) is 36.5 Å². The maximum absolute atomic E-state index is 11.4. The number of hydrogen-bond donors (Lipinski definition) is 2. The molecule has 0 unspecified atom stereocenters. The van der Waals surface area contributed by atoms with Gasteiger partial charge in [0.2, 0.25) is 0 Å². The van der Waals surface area contributed by atoms with Crippen LogP contribution in [0.5, 0.6) is 0 Å². The fourth-order valence-corrected chi connectivity index (χ4v) is 1.54. The zero-order valence-electron chi connectivity index (χ0n) is 9.03. The van der Waals surface area contributed by atoms with Crippen LogP contribution in [-0.4, -0.2) is 17.6 Å². The van der Waals surface area contributed by atoms with Crippen molar-refractivity contribution >= 4 is 22.6 Å². The SMILES string of the molecule is CCNC(=O)Nc1cccc2ncccc12. The van der Waals surface area contributed by atoms with E-state index >= 15 is 0 Å². The average molecular weight is 215 g/mol. The molecule has 0 aliphatic rings. The Morgan fingerprint density at radius 3 is 3.00 bits per heavy atom. The number of benzene rings is 1. The number of pyridine rings is 1. The molecular formula is C12H13N3O. The third-order valence-corrected chi connectivity index (χ3v) is 2.23. The fraction of sp³-hybridized carbons (Fsp3) is 0.167. The van der Waals surface area contributed by atoms with E-state index in [0.717, 1.165) is 16.6 Å². The van der Waals surface area contributed by atoms with Crippen LogP contribution in [0.4, 0.5) is 10.5 Å². The Morgan fingerprint density at radius 2 is 2.19 bits per heavy atom. The van der Waals surface area contributed by atoms with Gasteiger partial charge in [-0.3, -0.25) is 4.98 Å². The van der Waals surface area contributed by atoms with Gasteiger partial charge in [0, 0.05) is 18.1 Å². The van der Waals surface area contributed by atoms with Gasteiger partial charge < -0.3 is 10.6 Å². The standard InChI is InChI=1S/C12H13N3O/c1-2-13-12(16)15-11-7-3-6-10-9(11)5-4-8-14-10/h3-8H,2H2,1H3,(H2,13,15,16).